The Morgan fingerprint density at radius 2 is 1.75 bits per heavy atom. The zero-order valence-corrected chi connectivity index (χ0v) is 4.67. The van der Waals surface area contributed by atoms with Crippen LogP contribution in [0.2, 0.25) is 0 Å². The van der Waals surface area contributed by atoms with Crippen LogP contribution in [-0.4, -0.2) is 20.1 Å². The van der Waals surface area contributed by atoms with Crippen molar-refractivity contribution in [3.05, 3.63) is 12.7 Å². The van der Waals surface area contributed by atoms with E-state index >= 15 is 0 Å². The normalized spacial score (nSPS) is 7.50. The zero-order valence-electron chi connectivity index (χ0n) is 3.85. The summed E-state index contributed by atoms with van der Waals surface area (Å²) in [6, 6.07) is -0.241. The third-order valence-electron chi connectivity index (χ3n) is 0.480. The smallest absolute Gasteiger partial charge is 0.316 e. The van der Waals surface area contributed by atoms with Crippen LogP contribution in [0.25, 0.3) is 0 Å². The van der Waals surface area contributed by atoms with Gasteiger partial charge >= 0.3 is 6.01 Å². The van der Waals surface area contributed by atoms with Crippen molar-refractivity contribution in [3.63, 3.8) is 0 Å². The van der Waals surface area contributed by atoms with Gasteiger partial charge in [0.15, 0.2) is 0 Å². The van der Waals surface area contributed by atoms with Crippen molar-refractivity contribution in [2.45, 2.75) is 0 Å². The minimum absolute atomic E-state index is 0. The molecule has 1 rings (SSSR count). The Morgan fingerprint density at radius 1 is 1.25 bits per heavy atom. The highest BCUT2D eigenvalue weighted by Gasteiger charge is 1.79. The summed E-state index contributed by atoms with van der Waals surface area (Å²) in [6.45, 7) is 0. The Morgan fingerprint density at radius 3 is 2.00 bits per heavy atom. The Bertz CT molecular complexity index is 144. The van der Waals surface area contributed by atoms with E-state index in [-0.39, 0.29) is 18.4 Å². The second-order valence-corrected chi connectivity index (χ2v) is 0.938. The molecule has 0 fully saturated rings. The van der Waals surface area contributed by atoms with Crippen LogP contribution in [0.5, 0.6) is 6.01 Å². The van der Waals surface area contributed by atoms with Gasteiger partial charge in [0.1, 0.15) is 12.7 Å². The standard InChI is InChI=1S/C3H3N3O.ClH/c7-3-5-1-4-2-6-3;/h1-2H,(H,4,5,6,7);1H. The van der Waals surface area contributed by atoms with Gasteiger partial charge in [0.2, 0.25) is 0 Å². The van der Waals surface area contributed by atoms with E-state index in [1.807, 2.05) is 0 Å². The van der Waals surface area contributed by atoms with Crippen molar-refractivity contribution >= 4 is 12.4 Å². The Labute approximate surface area is 52.0 Å². The molecule has 44 valence electrons. The van der Waals surface area contributed by atoms with Gasteiger partial charge in [0.05, 0.1) is 0 Å². The number of aromatic nitrogens is 3. The quantitative estimate of drug-likeness (QED) is 0.541. The molecule has 0 atom stereocenters. The zero-order chi connectivity index (χ0) is 5.11. The molecule has 1 aromatic rings. The van der Waals surface area contributed by atoms with Crippen molar-refractivity contribution in [3.8, 4) is 6.01 Å². The number of hydrogen-bond donors (Lipinski definition) is 1. The third kappa shape index (κ3) is 1.70. The van der Waals surface area contributed by atoms with Gasteiger partial charge in [-0.05, 0) is 0 Å². The Hall–Kier alpha value is -0.900. The van der Waals surface area contributed by atoms with Crippen LogP contribution in [0, 0.1) is 0 Å². The highest BCUT2D eigenvalue weighted by atomic mass is 35.5. The first-order valence-corrected chi connectivity index (χ1v) is 1.70. The lowest BCUT2D eigenvalue weighted by atomic mass is 11.0. The summed E-state index contributed by atoms with van der Waals surface area (Å²) in [4.78, 5) is 10.1. The first-order chi connectivity index (χ1) is 3.39. The van der Waals surface area contributed by atoms with Crippen LogP contribution >= 0.6 is 12.4 Å². The predicted molar refractivity (Wildman–Crippen MR) is 28.7 cm³/mol. The average molecular weight is 134 g/mol. The van der Waals surface area contributed by atoms with Crippen LogP contribution in [0.4, 0.5) is 0 Å². The molecule has 0 unspecified atom stereocenters. The number of rotatable bonds is 0. The van der Waals surface area contributed by atoms with E-state index in [9.17, 15) is 0 Å². The summed E-state index contributed by atoms with van der Waals surface area (Å²) in [5.41, 5.74) is 0. The molecule has 0 bridgehead atoms. The molecule has 0 saturated carbocycles. The minimum Gasteiger partial charge on any atom is -0.479 e. The van der Waals surface area contributed by atoms with E-state index in [0.29, 0.717) is 0 Å². The topological polar surface area (TPSA) is 58.9 Å². The fraction of sp³-hybridized carbons (Fsp3) is 0. The van der Waals surface area contributed by atoms with Crippen molar-refractivity contribution in [2.75, 3.05) is 0 Å². The average Bonchev–Trinajstić information content (AvgIpc) is 1.69. The number of hydrogen-bond acceptors (Lipinski definition) is 4. The highest BCUT2D eigenvalue weighted by molar-refractivity contribution is 5.85. The fourth-order valence-corrected chi connectivity index (χ4v) is 0.233. The summed E-state index contributed by atoms with van der Waals surface area (Å²) in [6.07, 6.45) is 2.45. The number of aromatic hydroxyl groups is 1. The molecular formula is C3H4ClN3O. The molecule has 8 heavy (non-hydrogen) atoms. The molecule has 5 heteroatoms. The van der Waals surface area contributed by atoms with Crippen molar-refractivity contribution in [2.24, 2.45) is 0 Å². The van der Waals surface area contributed by atoms with Crippen LogP contribution in [0.1, 0.15) is 0 Å². The van der Waals surface area contributed by atoms with Gasteiger partial charge in [-0.15, -0.1) is 12.4 Å². The molecule has 0 radical (unpaired) electrons. The van der Waals surface area contributed by atoms with E-state index in [4.69, 9.17) is 5.11 Å². The van der Waals surface area contributed by atoms with Crippen molar-refractivity contribution < 1.29 is 5.11 Å². The molecule has 1 aromatic heterocycles. The van der Waals surface area contributed by atoms with Gasteiger partial charge < -0.3 is 5.11 Å². The predicted octanol–water partition coefficient (Wildman–Crippen LogP) is -0.00100. The molecule has 0 spiro atoms. The first-order valence-electron chi connectivity index (χ1n) is 1.70. The largest absolute Gasteiger partial charge is 0.479 e. The van der Waals surface area contributed by atoms with Gasteiger partial charge in [0, 0.05) is 0 Å². The SMILES string of the molecule is Cl.Oc1ncncn1. The van der Waals surface area contributed by atoms with E-state index in [2.05, 4.69) is 15.0 Å². The first kappa shape index (κ1) is 7.10. The Kier molecular flexibility index (Phi) is 2.79. The molecule has 1 N–H and O–H groups in total. The molecule has 0 aromatic carbocycles. The maximum atomic E-state index is 8.37. The second-order valence-electron chi connectivity index (χ2n) is 0.938. The minimum atomic E-state index is -0.241. The van der Waals surface area contributed by atoms with Crippen LogP contribution in [0.15, 0.2) is 12.7 Å². The molecule has 1 heterocycles. The molecular weight excluding hydrogens is 130 g/mol. The lowest BCUT2D eigenvalue weighted by Crippen LogP contribution is -1.78. The summed E-state index contributed by atoms with van der Waals surface area (Å²) >= 11 is 0. The van der Waals surface area contributed by atoms with E-state index in [1.165, 1.54) is 12.7 Å². The molecule has 0 saturated heterocycles. The summed E-state index contributed by atoms with van der Waals surface area (Å²) < 4.78 is 0. The van der Waals surface area contributed by atoms with Crippen molar-refractivity contribution in [1.29, 1.82) is 0 Å². The summed E-state index contributed by atoms with van der Waals surface area (Å²) in [5.74, 6) is 0. The van der Waals surface area contributed by atoms with Crippen LogP contribution < -0.4 is 0 Å². The van der Waals surface area contributed by atoms with Crippen LogP contribution in [0.3, 0.4) is 0 Å². The molecule has 0 aliphatic carbocycles. The number of nitrogens with zero attached hydrogens (tertiary/aromatic N) is 3. The summed E-state index contributed by atoms with van der Waals surface area (Å²) in [5, 5.41) is 8.37. The van der Waals surface area contributed by atoms with Gasteiger partial charge in [-0.2, -0.15) is 9.97 Å². The monoisotopic (exact) mass is 133 g/mol. The molecule has 0 aliphatic heterocycles. The van der Waals surface area contributed by atoms with E-state index in [1.54, 1.807) is 0 Å². The van der Waals surface area contributed by atoms with Gasteiger partial charge in [-0.1, -0.05) is 0 Å². The molecule has 4 nitrogen and oxygen atoms in total. The molecule has 0 amide bonds. The second kappa shape index (κ2) is 3.15. The highest BCUT2D eigenvalue weighted by Crippen LogP contribution is 1.86. The van der Waals surface area contributed by atoms with Gasteiger partial charge in [0.25, 0.3) is 0 Å². The van der Waals surface area contributed by atoms with E-state index in [0.717, 1.165) is 0 Å². The van der Waals surface area contributed by atoms with E-state index < -0.39 is 0 Å². The van der Waals surface area contributed by atoms with Crippen molar-refractivity contribution in [1.82, 2.24) is 15.0 Å². The maximum Gasteiger partial charge on any atom is 0.316 e. The lowest BCUT2D eigenvalue weighted by Gasteiger charge is -1.79. The summed E-state index contributed by atoms with van der Waals surface area (Å²) in [7, 11) is 0. The third-order valence-corrected chi connectivity index (χ3v) is 0.480. The maximum absolute atomic E-state index is 8.37. The lowest BCUT2D eigenvalue weighted by molar-refractivity contribution is 0.427. The molecule has 0 aliphatic rings. The number of halogens is 1. The Balaban J connectivity index is 0.000000490. The van der Waals surface area contributed by atoms with Gasteiger partial charge in [-0.25, -0.2) is 4.98 Å². The van der Waals surface area contributed by atoms with Gasteiger partial charge in [-0.3, -0.25) is 0 Å². The fourth-order valence-electron chi connectivity index (χ4n) is 0.233. The van der Waals surface area contributed by atoms with Crippen LogP contribution in [-0.2, 0) is 0 Å².